The van der Waals surface area contributed by atoms with Crippen molar-refractivity contribution >= 4 is 11.6 Å². The summed E-state index contributed by atoms with van der Waals surface area (Å²) >= 11 is 5.88. The first kappa shape index (κ1) is 13.1. The quantitative estimate of drug-likeness (QED) is 0.900. The van der Waals surface area contributed by atoms with E-state index in [0.717, 1.165) is 12.0 Å². The summed E-state index contributed by atoms with van der Waals surface area (Å²) in [6.45, 7) is 2.57. The summed E-state index contributed by atoms with van der Waals surface area (Å²) < 4.78 is 1.89. The maximum atomic E-state index is 10.9. The first-order chi connectivity index (χ1) is 8.64. The highest BCUT2D eigenvalue weighted by Gasteiger charge is 2.28. The molecule has 0 spiro atoms. The third kappa shape index (κ3) is 2.92. The first-order valence-corrected chi connectivity index (χ1v) is 6.46. The van der Waals surface area contributed by atoms with Gasteiger partial charge in [0.15, 0.2) is 0 Å². The van der Waals surface area contributed by atoms with Crippen molar-refractivity contribution in [3.8, 4) is 0 Å². The van der Waals surface area contributed by atoms with Gasteiger partial charge < -0.3 is 9.67 Å². The number of hydrogen-bond donors (Lipinski definition) is 1. The van der Waals surface area contributed by atoms with E-state index in [9.17, 15) is 5.11 Å². The van der Waals surface area contributed by atoms with Gasteiger partial charge in [0.05, 0.1) is 12.9 Å². The van der Waals surface area contributed by atoms with Crippen LogP contribution >= 0.6 is 11.6 Å². The molecule has 0 saturated heterocycles. The van der Waals surface area contributed by atoms with Crippen LogP contribution in [-0.4, -0.2) is 14.7 Å². The molecule has 2 rings (SSSR count). The Hall–Kier alpha value is -1.32. The number of benzene rings is 1. The van der Waals surface area contributed by atoms with Crippen molar-refractivity contribution in [3.05, 3.63) is 53.6 Å². The Labute approximate surface area is 112 Å². The first-order valence-electron chi connectivity index (χ1n) is 6.08. The molecule has 0 aliphatic carbocycles. The molecule has 96 valence electrons. The summed E-state index contributed by atoms with van der Waals surface area (Å²) in [7, 11) is 0. The van der Waals surface area contributed by atoms with E-state index in [-0.39, 0.29) is 0 Å². The Balaban J connectivity index is 2.28. The fraction of sp³-hybridized carbons (Fsp3) is 0.357. The van der Waals surface area contributed by atoms with Crippen molar-refractivity contribution in [2.24, 2.45) is 0 Å². The van der Waals surface area contributed by atoms with Crippen LogP contribution in [0.2, 0.25) is 5.02 Å². The summed E-state index contributed by atoms with van der Waals surface area (Å²) in [6.07, 6.45) is 6.90. The number of aliphatic hydroxyl groups is 1. The van der Waals surface area contributed by atoms with Gasteiger partial charge in [0.2, 0.25) is 0 Å². The molecule has 1 heterocycles. The van der Waals surface area contributed by atoms with Crippen LogP contribution in [0, 0.1) is 0 Å². The van der Waals surface area contributed by atoms with Crippen molar-refractivity contribution in [2.75, 3.05) is 0 Å². The van der Waals surface area contributed by atoms with Gasteiger partial charge in [-0.25, -0.2) is 4.98 Å². The van der Waals surface area contributed by atoms with Gasteiger partial charge in [0.25, 0.3) is 0 Å². The summed E-state index contributed by atoms with van der Waals surface area (Å²) in [6, 6.07) is 7.39. The molecule has 1 atom stereocenters. The average molecular weight is 265 g/mol. The molecule has 1 aromatic carbocycles. The number of nitrogens with zero attached hydrogens (tertiary/aromatic N) is 2. The molecule has 3 nitrogen and oxygen atoms in total. The molecule has 1 unspecified atom stereocenters. The van der Waals surface area contributed by atoms with Crippen LogP contribution in [0.1, 0.15) is 25.3 Å². The predicted molar refractivity (Wildman–Crippen MR) is 72.5 cm³/mol. The number of rotatable bonds is 5. The van der Waals surface area contributed by atoms with E-state index in [1.165, 1.54) is 0 Å². The molecule has 0 amide bonds. The zero-order chi connectivity index (χ0) is 13.0. The largest absolute Gasteiger partial charge is 0.383 e. The van der Waals surface area contributed by atoms with Gasteiger partial charge in [0, 0.05) is 17.4 Å². The Bertz CT molecular complexity index is 481. The topological polar surface area (TPSA) is 38.0 Å². The van der Waals surface area contributed by atoms with Crippen LogP contribution in [0.3, 0.4) is 0 Å². The molecule has 0 fully saturated rings. The molecular weight excluding hydrogens is 248 g/mol. The Morgan fingerprint density at radius 3 is 2.61 bits per heavy atom. The monoisotopic (exact) mass is 264 g/mol. The molecule has 0 radical (unpaired) electrons. The lowest BCUT2D eigenvalue weighted by Crippen LogP contribution is -2.31. The zero-order valence-electron chi connectivity index (χ0n) is 10.4. The summed E-state index contributed by atoms with van der Waals surface area (Å²) in [5.74, 6) is 0. The lowest BCUT2D eigenvalue weighted by Gasteiger charge is -2.29. The third-order valence-corrected chi connectivity index (χ3v) is 3.30. The van der Waals surface area contributed by atoms with Gasteiger partial charge in [-0.05, 0) is 24.1 Å². The van der Waals surface area contributed by atoms with Crippen LogP contribution in [-0.2, 0) is 12.1 Å². The fourth-order valence-corrected chi connectivity index (χ4v) is 2.30. The second kappa shape index (κ2) is 5.55. The van der Waals surface area contributed by atoms with Crippen molar-refractivity contribution in [2.45, 2.75) is 31.9 Å². The molecule has 1 N–H and O–H groups in total. The molecular formula is C14H17ClN2O. The van der Waals surface area contributed by atoms with Crippen molar-refractivity contribution in [3.63, 3.8) is 0 Å². The van der Waals surface area contributed by atoms with Gasteiger partial charge in [0.1, 0.15) is 5.60 Å². The maximum Gasteiger partial charge on any atom is 0.107 e. The minimum absolute atomic E-state index is 0.502. The number of aromatic nitrogens is 2. The standard InChI is InChI=1S/C14H17ClN2O/c1-2-7-14(18,10-17-9-8-16-11-17)12-3-5-13(15)6-4-12/h3-6,8-9,11,18H,2,7,10H2,1H3. The van der Waals surface area contributed by atoms with Gasteiger partial charge in [-0.2, -0.15) is 0 Å². The Morgan fingerprint density at radius 2 is 2.06 bits per heavy atom. The van der Waals surface area contributed by atoms with Crippen LogP contribution in [0.4, 0.5) is 0 Å². The number of hydrogen-bond acceptors (Lipinski definition) is 2. The molecule has 2 aromatic rings. The van der Waals surface area contributed by atoms with E-state index in [1.807, 2.05) is 35.0 Å². The van der Waals surface area contributed by atoms with E-state index in [0.29, 0.717) is 18.0 Å². The van der Waals surface area contributed by atoms with Crippen molar-refractivity contribution < 1.29 is 5.11 Å². The highest BCUT2D eigenvalue weighted by atomic mass is 35.5. The predicted octanol–water partition coefficient (Wildman–Crippen LogP) is 3.22. The summed E-state index contributed by atoms with van der Waals surface area (Å²) in [5.41, 5.74) is 0.0162. The van der Waals surface area contributed by atoms with E-state index in [1.54, 1.807) is 12.5 Å². The molecule has 0 aliphatic rings. The summed E-state index contributed by atoms with van der Waals surface area (Å²) in [4.78, 5) is 4.00. The molecule has 0 aliphatic heterocycles. The molecule has 4 heteroatoms. The fourth-order valence-electron chi connectivity index (χ4n) is 2.17. The maximum absolute atomic E-state index is 10.9. The molecule has 0 saturated carbocycles. The number of halogens is 1. The van der Waals surface area contributed by atoms with E-state index in [2.05, 4.69) is 11.9 Å². The van der Waals surface area contributed by atoms with E-state index < -0.39 is 5.60 Å². The normalized spacial score (nSPS) is 14.4. The smallest absolute Gasteiger partial charge is 0.107 e. The van der Waals surface area contributed by atoms with E-state index in [4.69, 9.17) is 11.6 Å². The third-order valence-electron chi connectivity index (χ3n) is 3.05. The zero-order valence-corrected chi connectivity index (χ0v) is 11.1. The lowest BCUT2D eigenvalue weighted by atomic mass is 9.89. The molecule has 1 aromatic heterocycles. The van der Waals surface area contributed by atoms with Crippen molar-refractivity contribution in [1.82, 2.24) is 9.55 Å². The second-order valence-corrected chi connectivity index (χ2v) is 4.96. The van der Waals surface area contributed by atoms with Gasteiger partial charge in [-0.3, -0.25) is 0 Å². The Morgan fingerprint density at radius 1 is 1.33 bits per heavy atom. The van der Waals surface area contributed by atoms with Crippen LogP contribution in [0.25, 0.3) is 0 Å². The minimum Gasteiger partial charge on any atom is -0.383 e. The average Bonchev–Trinajstić information content (AvgIpc) is 2.82. The highest BCUT2D eigenvalue weighted by molar-refractivity contribution is 6.30. The van der Waals surface area contributed by atoms with Crippen molar-refractivity contribution in [1.29, 1.82) is 0 Å². The van der Waals surface area contributed by atoms with Crippen LogP contribution in [0.15, 0.2) is 43.0 Å². The highest BCUT2D eigenvalue weighted by Crippen LogP contribution is 2.29. The van der Waals surface area contributed by atoms with Gasteiger partial charge in [-0.1, -0.05) is 37.1 Å². The SMILES string of the molecule is CCCC(O)(Cn1ccnc1)c1ccc(Cl)cc1. The molecule has 18 heavy (non-hydrogen) atoms. The van der Waals surface area contributed by atoms with Crippen LogP contribution < -0.4 is 0 Å². The minimum atomic E-state index is -0.875. The number of imidazole rings is 1. The molecule has 0 bridgehead atoms. The van der Waals surface area contributed by atoms with Gasteiger partial charge in [-0.15, -0.1) is 0 Å². The Kier molecular flexibility index (Phi) is 4.04. The van der Waals surface area contributed by atoms with Gasteiger partial charge >= 0.3 is 0 Å². The van der Waals surface area contributed by atoms with E-state index >= 15 is 0 Å². The second-order valence-electron chi connectivity index (χ2n) is 4.52. The summed E-state index contributed by atoms with van der Waals surface area (Å²) in [5, 5.41) is 11.5. The van der Waals surface area contributed by atoms with Crippen LogP contribution in [0.5, 0.6) is 0 Å². The lowest BCUT2D eigenvalue weighted by molar-refractivity contribution is 0.00886.